The van der Waals surface area contributed by atoms with E-state index in [2.05, 4.69) is 5.32 Å². The number of nitriles is 1. The summed E-state index contributed by atoms with van der Waals surface area (Å²) >= 11 is 5.81. The second kappa shape index (κ2) is 6.42. The molecule has 0 saturated carbocycles. The third-order valence-corrected chi connectivity index (χ3v) is 3.17. The van der Waals surface area contributed by atoms with Crippen molar-refractivity contribution in [2.45, 2.75) is 6.54 Å². The van der Waals surface area contributed by atoms with Gasteiger partial charge < -0.3 is 10.1 Å². The quantitative estimate of drug-likeness (QED) is 0.924. The Hall–Kier alpha value is -2.32. The molecule has 0 heterocycles. The summed E-state index contributed by atoms with van der Waals surface area (Å²) in [5.41, 5.74) is 1.12. The molecule has 0 unspecified atom stereocenters. The van der Waals surface area contributed by atoms with E-state index in [0.29, 0.717) is 16.9 Å². The largest absolute Gasteiger partial charge is 0.496 e. The molecule has 0 fully saturated rings. The van der Waals surface area contributed by atoms with E-state index >= 15 is 0 Å². The Morgan fingerprint density at radius 3 is 2.67 bits per heavy atom. The Morgan fingerprint density at radius 1 is 1.29 bits per heavy atom. The van der Waals surface area contributed by atoms with Crippen molar-refractivity contribution >= 4 is 17.3 Å². The predicted octanol–water partition coefficient (Wildman–Crippen LogP) is 4.11. The van der Waals surface area contributed by atoms with Crippen molar-refractivity contribution in [2.75, 3.05) is 12.4 Å². The first kappa shape index (κ1) is 15.1. The Bertz CT molecular complexity index is 690. The second-order valence-electron chi connectivity index (χ2n) is 4.24. The normalized spacial score (nSPS) is 10.0. The zero-order chi connectivity index (χ0) is 15.4. The maximum absolute atomic E-state index is 13.7. The van der Waals surface area contributed by atoms with E-state index in [-0.39, 0.29) is 17.3 Å². The van der Waals surface area contributed by atoms with Gasteiger partial charge in [0.25, 0.3) is 0 Å². The fourth-order valence-electron chi connectivity index (χ4n) is 1.88. The number of benzene rings is 2. The van der Waals surface area contributed by atoms with Gasteiger partial charge in [0, 0.05) is 18.2 Å². The fraction of sp³-hybridized carbons (Fsp3) is 0.133. The van der Waals surface area contributed by atoms with Crippen molar-refractivity contribution in [1.82, 2.24) is 0 Å². The number of anilines is 1. The van der Waals surface area contributed by atoms with Gasteiger partial charge in [-0.3, -0.25) is 0 Å². The summed E-state index contributed by atoms with van der Waals surface area (Å²) in [6, 6.07) is 8.68. The zero-order valence-electron chi connectivity index (χ0n) is 11.1. The van der Waals surface area contributed by atoms with Gasteiger partial charge in [-0.1, -0.05) is 11.6 Å². The Labute approximate surface area is 125 Å². The average Bonchev–Trinajstić information content (AvgIpc) is 2.45. The summed E-state index contributed by atoms with van der Waals surface area (Å²) < 4.78 is 31.8. The van der Waals surface area contributed by atoms with Crippen LogP contribution in [-0.4, -0.2) is 7.11 Å². The molecule has 0 amide bonds. The Morgan fingerprint density at radius 2 is 2.05 bits per heavy atom. The minimum Gasteiger partial charge on any atom is -0.496 e. The number of hydrogen-bond acceptors (Lipinski definition) is 3. The van der Waals surface area contributed by atoms with Crippen LogP contribution in [0, 0.1) is 23.0 Å². The first-order valence-electron chi connectivity index (χ1n) is 6.00. The van der Waals surface area contributed by atoms with E-state index < -0.39 is 11.6 Å². The van der Waals surface area contributed by atoms with Gasteiger partial charge >= 0.3 is 0 Å². The van der Waals surface area contributed by atoms with Gasteiger partial charge in [0.2, 0.25) is 0 Å². The van der Waals surface area contributed by atoms with Crippen LogP contribution in [0.15, 0.2) is 30.3 Å². The molecule has 0 aliphatic rings. The zero-order valence-corrected chi connectivity index (χ0v) is 11.8. The lowest BCUT2D eigenvalue weighted by Crippen LogP contribution is -2.04. The molecule has 2 aromatic carbocycles. The minimum atomic E-state index is -0.782. The van der Waals surface area contributed by atoms with Gasteiger partial charge in [-0.05, 0) is 24.3 Å². The van der Waals surface area contributed by atoms with Crippen LogP contribution in [-0.2, 0) is 6.54 Å². The average molecular weight is 309 g/mol. The molecular formula is C15H11ClF2N2O. The minimum absolute atomic E-state index is 0.00230. The number of hydrogen-bond donors (Lipinski definition) is 1. The van der Waals surface area contributed by atoms with Crippen LogP contribution in [0.25, 0.3) is 0 Å². The highest BCUT2D eigenvalue weighted by Gasteiger charge is 2.11. The van der Waals surface area contributed by atoms with Crippen LogP contribution in [0.1, 0.15) is 11.1 Å². The molecular weight excluding hydrogens is 298 g/mol. The maximum Gasteiger partial charge on any atom is 0.150 e. The van der Waals surface area contributed by atoms with E-state index in [1.165, 1.54) is 7.11 Å². The third kappa shape index (κ3) is 3.41. The van der Waals surface area contributed by atoms with Gasteiger partial charge in [0.1, 0.15) is 11.6 Å². The molecule has 0 saturated heterocycles. The molecule has 0 aromatic heterocycles. The van der Waals surface area contributed by atoms with Crippen LogP contribution in [0.2, 0.25) is 5.02 Å². The van der Waals surface area contributed by atoms with E-state index in [0.717, 1.165) is 12.1 Å². The highest BCUT2D eigenvalue weighted by molar-refractivity contribution is 6.33. The summed E-state index contributed by atoms with van der Waals surface area (Å²) in [6.07, 6.45) is 0. The van der Waals surface area contributed by atoms with Crippen LogP contribution in [0.5, 0.6) is 5.75 Å². The Kier molecular flexibility index (Phi) is 4.61. The number of ether oxygens (including phenoxy) is 1. The van der Waals surface area contributed by atoms with Crippen molar-refractivity contribution in [2.24, 2.45) is 0 Å². The van der Waals surface area contributed by atoms with Crippen molar-refractivity contribution in [3.05, 3.63) is 58.1 Å². The molecule has 108 valence electrons. The van der Waals surface area contributed by atoms with Gasteiger partial charge in [-0.15, -0.1) is 0 Å². The summed E-state index contributed by atoms with van der Waals surface area (Å²) in [5.74, 6) is -0.970. The molecule has 21 heavy (non-hydrogen) atoms. The SMILES string of the molecule is COc1ccc(C#N)cc1CNc1c(F)cc(F)cc1Cl. The molecule has 1 N–H and O–H groups in total. The van der Waals surface area contributed by atoms with Crippen molar-refractivity contribution < 1.29 is 13.5 Å². The molecule has 0 spiro atoms. The second-order valence-corrected chi connectivity index (χ2v) is 4.64. The van der Waals surface area contributed by atoms with Crippen LogP contribution < -0.4 is 10.1 Å². The van der Waals surface area contributed by atoms with E-state index in [1.807, 2.05) is 6.07 Å². The first-order chi connectivity index (χ1) is 10.0. The molecule has 3 nitrogen and oxygen atoms in total. The van der Waals surface area contributed by atoms with Gasteiger partial charge in [0.15, 0.2) is 5.82 Å². The number of rotatable bonds is 4. The van der Waals surface area contributed by atoms with E-state index in [9.17, 15) is 8.78 Å². The number of halogens is 3. The summed E-state index contributed by atoms with van der Waals surface area (Å²) in [4.78, 5) is 0. The Balaban J connectivity index is 2.26. The molecule has 0 bridgehead atoms. The van der Waals surface area contributed by atoms with Crippen LogP contribution >= 0.6 is 11.6 Å². The van der Waals surface area contributed by atoms with E-state index in [1.54, 1.807) is 18.2 Å². The predicted molar refractivity (Wildman–Crippen MR) is 76.4 cm³/mol. The van der Waals surface area contributed by atoms with Crippen LogP contribution in [0.3, 0.4) is 0 Å². The van der Waals surface area contributed by atoms with Gasteiger partial charge in [0.05, 0.1) is 29.5 Å². The molecule has 2 aromatic rings. The summed E-state index contributed by atoms with van der Waals surface area (Å²) in [6.45, 7) is 0.182. The molecule has 0 aliphatic carbocycles. The number of nitrogens with zero attached hydrogens (tertiary/aromatic N) is 1. The molecule has 2 rings (SSSR count). The molecule has 0 radical (unpaired) electrons. The lowest BCUT2D eigenvalue weighted by molar-refractivity contribution is 0.410. The highest BCUT2D eigenvalue weighted by atomic mass is 35.5. The lowest BCUT2D eigenvalue weighted by Gasteiger charge is -2.12. The number of nitrogens with one attached hydrogen (secondary N) is 1. The monoisotopic (exact) mass is 308 g/mol. The molecule has 0 atom stereocenters. The summed E-state index contributed by atoms with van der Waals surface area (Å²) in [7, 11) is 1.50. The lowest BCUT2D eigenvalue weighted by atomic mass is 10.1. The van der Waals surface area contributed by atoms with E-state index in [4.69, 9.17) is 21.6 Å². The summed E-state index contributed by atoms with van der Waals surface area (Å²) in [5, 5.41) is 11.6. The topological polar surface area (TPSA) is 45.0 Å². The smallest absolute Gasteiger partial charge is 0.150 e. The molecule has 0 aliphatic heterocycles. The third-order valence-electron chi connectivity index (χ3n) is 2.87. The maximum atomic E-state index is 13.7. The highest BCUT2D eigenvalue weighted by Crippen LogP contribution is 2.28. The molecule has 6 heteroatoms. The van der Waals surface area contributed by atoms with Crippen molar-refractivity contribution in [3.8, 4) is 11.8 Å². The van der Waals surface area contributed by atoms with Crippen molar-refractivity contribution in [3.63, 3.8) is 0 Å². The first-order valence-corrected chi connectivity index (χ1v) is 6.38. The van der Waals surface area contributed by atoms with Crippen LogP contribution in [0.4, 0.5) is 14.5 Å². The van der Waals surface area contributed by atoms with Gasteiger partial charge in [-0.2, -0.15) is 5.26 Å². The van der Waals surface area contributed by atoms with Crippen molar-refractivity contribution in [1.29, 1.82) is 5.26 Å². The standard InChI is InChI=1S/C15H11ClF2N2O/c1-21-14-3-2-9(7-19)4-10(14)8-20-15-12(16)5-11(17)6-13(15)18/h2-6,20H,8H2,1H3. The fourth-order valence-corrected chi connectivity index (χ4v) is 2.14. The van der Waals surface area contributed by atoms with Gasteiger partial charge in [-0.25, -0.2) is 8.78 Å². The number of methoxy groups -OCH3 is 1.